The monoisotopic (exact) mass is 463 g/mol. The van der Waals surface area contributed by atoms with E-state index in [0.29, 0.717) is 19.4 Å². The smallest absolute Gasteiger partial charge is 0.335 e. The summed E-state index contributed by atoms with van der Waals surface area (Å²) in [5.41, 5.74) is 3.04. The first kappa shape index (κ1) is 23.7. The molecule has 33 heavy (non-hydrogen) atoms. The number of hydrogen-bond acceptors (Lipinski definition) is 8. The number of fused-ring (bicyclic) bond motifs is 3. The van der Waals surface area contributed by atoms with Gasteiger partial charge in [0, 0.05) is 10.9 Å². The van der Waals surface area contributed by atoms with Crippen molar-refractivity contribution in [3.05, 3.63) is 35.0 Å². The average Bonchev–Trinajstić information content (AvgIpc) is 3.19. The van der Waals surface area contributed by atoms with Gasteiger partial charge in [-0.15, -0.1) is 0 Å². The summed E-state index contributed by atoms with van der Waals surface area (Å²) in [5, 5.41) is 40.2. The summed E-state index contributed by atoms with van der Waals surface area (Å²) >= 11 is 0. The predicted molar refractivity (Wildman–Crippen MR) is 114 cm³/mol. The molecule has 0 amide bonds. The van der Waals surface area contributed by atoms with E-state index in [4.69, 9.17) is 14.2 Å². The Morgan fingerprint density at radius 3 is 2.61 bits per heavy atom. The normalized spacial score (nSPS) is 31.8. The van der Waals surface area contributed by atoms with Crippen LogP contribution in [0, 0.1) is 0 Å². The maximum absolute atomic E-state index is 12.9. The molecule has 0 unspecified atom stereocenters. The Morgan fingerprint density at radius 2 is 1.94 bits per heavy atom. The van der Waals surface area contributed by atoms with Crippen LogP contribution in [0.5, 0.6) is 0 Å². The number of carboxylic acids is 1. The number of hydrogen-bond donors (Lipinski definition) is 5. The maximum atomic E-state index is 12.9. The van der Waals surface area contributed by atoms with E-state index in [9.17, 15) is 30.0 Å². The minimum absolute atomic E-state index is 0.215. The van der Waals surface area contributed by atoms with E-state index >= 15 is 0 Å². The predicted octanol–water partition coefficient (Wildman–Crippen LogP) is 0.734. The molecular weight excluding hydrogens is 434 g/mol. The second-order valence-corrected chi connectivity index (χ2v) is 8.52. The molecule has 1 aromatic heterocycles. The molecule has 2 aromatic rings. The molecule has 0 radical (unpaired) electrons. The van der Waals surface area contributed by atoms with E-state index < -0.39 is 48.2 Å². The lowest BCUT2D eigenvalue weighted by Crippen LogP contribution is -2.60. The Hall–Kier alpha value is -2.50. The van der Waals surface area contributed by atoms with Crippen molar-refractivity contribution in [2.45, 2.75) is 75.8 Å². The number of carbonyl (C=O) groups excluding carboxylic acids is 1. The molecule has 4 rings (SSSR count). The van der Waals surface area contributed by atoms with Gasteiger partial charge in [0.2, 0.25) is 6.29 Å². The second-order valence-electron chi connectivity index (χ2n) is 8.52. The van der Waals surface area contributed by atoms with Gasteiger partial charge in [0.1, 0.15) is 23.9 Å². The molecule has 0 aliphatic carbocycles. The first-order chi connectivity index (χ1) is 15.7. The minimum atomic E-state index is -1.86. The van der Waals surface area contributed by atoms with Gasteiger partial charge < -0.3 is 39.6 Å². The molecule has 1 saturated heterocycles. The summed E-state index contributed by atoms with van der Waals surface area (Å²) in [6.45, 7) is 4.37. The number of rotatable bonds is 6. The topological polar surface area (TPSA) is 159 Å². The Labute approximate surface area is 190 Å². The quantitative estimate of drug-likeness (QED) is 0.389. The van der Waals surface area contributed by atoms with Gasteiger partial charge in [0.05, 0.1) is 18.7 Å². The number of aromatic nitrogens is 1. The highest BCUT2D eigenvalue weighted by molar-refractivity contribution is 5.88. The van der Waals surface area contributed by atoms with Crippen molar-refractivity contribution in [1.82, 2.24) is 4.98 Å². The van der Waals surface area contributed by atoms with Crippen molar-refractivity contribution in [3.8, 4) is 0 Å². The van der Waals surface area contributed by atoms with Gasteiger partial charge in [-0.05, 0) is 30.4 Å². The molecule has 3 heterocycles. The molecule has 0 saturated carbocycles. The highest BCUT2D eigenvalue weighted by Gasteiger charge is 2.49. The lowest BCUT2D eigenvalue weighted by molar-refractivity contribution is -0.287. The van der Waals surface area contributed by atoms with Crippen molar-refractivity contribution in [3.63, 3.8) is 0 Å². The number of carboxylic acid groups (broad SMARTS) is 1. The Kier molecular flexibility index (Phi) is 6.47. The van der Waals surface area contributed by atoms with E-state index in [1.54, 1.807) is 0 Å². The second kappa shape index (κ2) is 9.03. The summed E-state index contributed by atoms with van der Waals surface area (Å²) < 4.78 is 16.4. The fourth-order valence-electron chi connectivity index (χ4n) is 4.80. The van der Waals surface area contributed by atoms with Gasteiger partial charge in [-0.1, -0.05) is 32.0 Å². The first-order valence-electron chi connectivity index (χ1n) is 11.1. The summed E-state index contributed by atoms with van der Waals surface area (Å²) in [7, 11) is 0. The summed E-state index contributed by atoms with van der Waals surface area (Å²) in [6.07, 6.45) is -7.34. The minimum Gasteiger partial charge on any atom is -0.479 e. The number of esters is 1. The van der Waals surface area contributed by atoms with Crippen molar-refractivity contribution in [2.75, 3.05) is 6.61 Å². The number of aromatic amines is 1. The van der Waals surface area contributed by atoms with Crippen molar-refractivity contribution in [2.24, 2.45) is 0 Å². The number of aryl methyl sites for hydroxylation is 1. The van der Waals surface area contributed by atoms with Crippen LogP contribution in [0.25, 0.3) is 10.9 Å². The molecule has 180 valence electrons. The number of aliphatic carboxylic acids is 1. The van der Waals surface area contributed by atoms with Gasteiger partial charge in [-0.2, -0.15) is 0 Å². The number of para-hydroxylation sites is 1. The summed E-state index contributed by atoms with van der Waals surface area (Å²) in [5.74, 6) is -2.35. The van der Waals surface area contributed by atoms with Gasteiger partial charge in [-0.25, -0.2) is 4.79 Å². The molecule has 10 nitrogen and oxygen atoms in total. The maximum Gasteiger partial charge on any atom is 0.335 e. The number of benzene rings is 1. The fraction of sp³-hybridized carbons (Fsp3) is 0.565. The molecule has 1 aromatic carbocycles. The number of ether oxygens (including phenoxy) is 3. The van der Waals surface area contributed by atoms with E-state index in [1.165, 1.54) is 0 Å². The van der Waals surface area contributed by atoms with Crippen molar-refractivity contribution >= 4 is 22.8 Å². The number of carbonyl (C=O) groups is 2. The molecule has 10 heteroatoms. The van der Waals surface area contributed by atoms with Crippen molar-refractivity contribution < 1.29 is 44.2 Å². The van der Waals surface area contributed by atoms with E-state index in [0.717, 1.165) is 34.1 Å². The zero-order chi connectivity index (χ0) is 23.9. The van der Waals surface area contributed by atoms with E-state index in [1.807, 2.05) is 25.1 Å². The van der Waals surface area contributed by atoms with Crippen LogP contribution in [0.4, 0.5) is 0 Å². The van der Waals surface area contributed by atoms with Crippen molar-refractivity contribution in [1.29, 1.82) is 0 Å². The van der Waals surface area contributed by atoms with Crippen LogP contribution in [-0.2, 0) is 42.2 Å². The van der Waals surface area contributed by atoms with E-state index in [-0.39, 0.29) is 6.42 Å². The van der Waals surface area contributed by atoms with Crippen LogP contribution < -0.4 is 0 Å². The van der Waals surface area contributed by atoms with Gasteiger partial charge in [0.15, 0.2) is 6.10 Å². The Morgan fingerprint density at radius 1 is 1.18 bits per heavy atom. The average molecular weight is 463 g/mol. The third-order valence-corrected chi connectivity index (χ3v) is 6.66. The van der Waals surface area contributed by atoms with Gasteiger partial charge >= 0.3 is 11.9 Å². The third-order valence-electron chi connectivity index (χ3n) is 6.66. The fourth-order valence-corrected chi connectivity index (χ4v) is 4.80. The van der Waals surface area contributed by atoms with Crippen LogP contribution in [0.3, 0.4) is 0 Å². The molecule has 2 aliphatic rings. The molecule has 2 aliphatic heterocycles. The SMILES string of the molecule is CCc1cccc2c3c([nH]c12)[C@@](CC)(CC(=O)O[C@@H]1O[C@H](C(=O)O)[C@@H](O)[C@H](O)[C@H]1O)OCC3. The Bertz CT molecular complexity index is 1050. The number of H-pyrrole nitrogens is 1. The van der Waals surface area contributed by atoms with Crippen LogP contribution in [0.15, 0.2) is 18.2 Å². The highest BCUT2D eigenvalue weighted by Crippen LogP contribution is 2.42. The summed E-state index contributed by atoms with van der Waals surface area (Å²) in [4.78, 5) is 27.7. The first-order valence-corrected chi connectivity index (χ1v) is 11.1. The van der Waals surface area contributed by atoms with Gasteiger partial charge in [0.25, 0.3) is 0 Å². The highest BCUT2D eigenvalue weighted by atomic mass is 16.7. The number of aliphatic hydroxyl groups excluding tert-OH is 3. The van der Waals surface area contributed by atoms with Crippen LogP contribution in [0.2, 0.25) is 0 Å². The standard InChI is InChI=1S/C23H29NO9/c1-3-11-6-5-7-12-13-8-9-31-23(4-2,20(13)24-15(11)12)10-14(25)32-22-18(28)16(26)17(27)19(33-22)21(29)30/h5-7,16-19,22,24,26-28H,3-4,8-10H2,1-2H3,(H,29,30)/t16-,17-,18+,19-,22+,23+/m0/s1. The largest absolute Gasteiger partial charge is 0.479 e. The van der Waals surface area contributed by atoms with E-state index in [2.05, 4.69) is 11.9 Å². The lowest BCUT2D eigenvalue weighted by atomic mass is 9.86. The zero-order valence-corrected chi connectivity index (χ0v) is 18.5. The zero-order valence-electron chi connectivity index (χ0n) is 18.5. The van der Waals surface area contributed by atoms with Crippen LogP contribution in [-0.4, -0.2) is 74.7 Å². The lowest BCUT2D eigenvalue weighted by Gasteiger charge is -2.39. The summed E-state index contributed by atoms with van der Waals surface area (Å²) in [6, 6.07) is 6.10. The van der Waals surface area contributed by atoms with Crippen LogP contribution in [0.1, 0.15) is 43.5 Å². The Balaban J connectivity index is 1.60. The molecule has 0 spiro atoms. The molecule has 6 atom stereocenters. The van der Waals surface area contributed by atoms with Crippen LogP contribution >= 0.6 is 0 Å². The number of aliphatic hydroxyl groups is 3. The molecule has 1 fully saturated rings. The molecular formula is C23H29NO9. The number of nitrogens with one attached hydrogen (secondary N) is 1. The molecule has 5 N–H and O–H groups in total. The molecule has 0 bridgehead atoms. The van der Waals surface area contributed by atoms with Gasteiger partial charge in [-0.3, -0.25) is 4.79 Å². The third kappa shape index (κ3) is 4.02.